The van der Waals surface area contributed by atoms with Gasteiger partial charge in [-0.1, -0.05) is 24.3 Å². The first-order valence-electron chi connectivity index (χ1n) is 5.88. The van der Waals surface area contributed by atoms with E-state index < -0.39 is 0 Å². The van der Waals surface area contributed by atoms with E-state index in [1.54, 1.807) is 0 Å². The number of anilines is 1. The van der Waals surface area contributed by atoms with Gasteiger partial charge in [-0.15, -0.1) is 0 Å². The molecule has 0 spiro atoms. The summed E-state index contributed by atoms with van der Waals surface area (Å²) in [5.41, 5.74) is 1.99. The lowest BCUT2D eigenvalue weighted by atomic mass is 10.0. The molecule has 1 atom stereocenters. The molecule has 0 saturated carbocycles. The van der Waals surface area contributed by atoms with E-state index >= 15 is 0 Å². The maximum absolute atomic E-state index is 11.9. The summed E-state index contributed by atoms with van der Waals surface area (Å²) in [4.78, 5) is 11.9. The molecule has 0 heterocycles. The van der Waals surface area contributed by atoms with Crippen LogP contribution in [0.2, 0.25) is 0 Å². The first kappa shape index (κ1) is 12.4. The van der Waals surface area contributed by atoms with E-state index in [-0.39, 0.29) is 5.91 Å². The molecule has 17 heavy (non-hydrogen) atoms. The SMILES string of the molecule is Cc1cccc(NC(=O)CC2C=CCC2)c1Br. The number of allylic oxidation sites excluding steroid dienone is 2. The van der Waals surface area contributed by atoms with Gasteiger partial charge < -0.3 is 5.32 Å². The number of amides is 1. The van der Waals surface area contributed by atoms with Gasteiger partial charge in [0.15, 0.2) is 0 Å². The number of rotatable bonds is 3. The van der Waals surface area contributed by atoms with Gasteiger partial charge in [0, 0.05) is 10.9 Å². The first-order chi connectivity index (χ1) is 8.16. The van der Waals surface area contributed by atoms with Crippen LogP contribution in [0.1, 0.15) is 24.8 Å². The maximum atomic E-state index is 11.9. The van der Waals surface area contributed by atoms with Gasteiger partial charge >= 0.3 is 0 Å². The predicted octanol–water partition coefficient (Wildman–Crippen LogP) is 4.05. The molecule has 90 valence electrons. The van der Waals surface area contributed by atoms with Gasteiger partial charge in [-0.05, 0) is 53.2 Å². The average Bonchev–Trinajstić information content (AvgIpc) is 2.77. The molecule has 0 aliphatic heterocycles. The van der Waals surface area contributed by atoms with E-state index in [0.29, 0.717) is 12.3 Å². The molecule has 1 unspecified atom stereocenters. The minimum absolute atomic E-state index is 0.0906. The number of carbonyl (C=O) groups excluding carboxylic acids is 1. The van der Waals surface area contributed by atoms with Crippen molar-refractivity contribution in [3.05, 3.63) is 40.4 Å². The number of carbonyl (C=O) groups is 1. The van der Waals surface area contributed by atoms with Crippen LogP contribution in [0.15, 0.2) is 34.8 Å². The smallest absolute Gasteiger partial charge is 0.224 e. The zero-order chi connectivity index (χ0) is 12.3. The van der Waals surface area contributed by atoms with Crippen LogP contribution in [0.25, 0.3) is 0 Å². The third kappa shape index (κ3) is 3.19. The number of nitrogens with one attached hydrogen (secondary N) is 1. The molecule has 1 aliphatic carbocycles. The first-order valence-corrected chi connectivity index (χ1v) is 6.68. The second-order valence-electron chi connectivity index (χ2n) is 4.45. The lowest BCUT2D eigenvalue weighted by Gasteiger charge is -2.11. The van der Waals surface area contributed by atoms with Crippen LogP contribution in [0.4, 0.5) is 5.69 Å². The monoisotopic (exact) mass is 293 g/mol. The number of hydrogen-bond acceptors (Lipinski definition) is 1. The Morgan fingerprint density at radius 1 is 1.53 bits per heavy atom. The van der Waals surface area contributed by atoms with E-state index in [2.05, 4.69) is 33.4 Å². The fourth-order valence-corrected chi connectivity index (χ4v) is 2.41. The highest BCUT2D eigenvalue weighted by molar-refractivity contribution is 9.10. The van der Waals surface area contributed by atoms with Crippen molar-refractivity contribution in [2.24, 2.45) is 5.92 Å². The number of halogens is 1. The van der Waals surface area contributed by atoms with Gasteiger partial charge in [0.05, 0.1) is 5.69 Å². The Kier molecular flexibility index (Phi) is 4.00. The molecule has 0 fully saturated rings. The molecule has 2 rings (SSSR count). The Morgan fingerprint density at radius 2 is 2.35 bits per heavy atom. The van der Waals surface area contributed by atoms with E-state index in [4.69, 9.17) is 0 Å². The third-order valence-corrected chi connectivity index (χ3v) is 4.08. The van der Waals surface area contributed by atoms with Crippen LogP contribution >= 0.6 is 15.9 Å². The quantitative estimate of drug-likeness (QED) is 0.837. The van der Waals surface area contributed by atoms with Crippen molar-refractivity contribution in [3.8, 4) is 0 Å². The van der Waals surface area contributed by atoms with Crippen molar-refractivity contribution < 1.29 is 4.79 Å². The van der Waals surface area contributed by atoms with Gasteiger partial charge in [-0.2, -0.15) is 0 Å². The molecule has 1 aromatic carbocycles. The Morgan fingerprint density at radius 3 is 3.06 bits per heavy atom. The van der Waals surface area contributed by atoms with Crippen LogP contribution in [-0.2, 0) is 4.79 Å². The molecule has 0 bridgehead atoms. The second kappa shape index (κ2) is 5.50. The topological polar surface area (TPSA) is 29.1 Å². The summed E-state index contributed by atoms with van der Waals surface area (Å²) in [5, 5.41) is 2.96. The molecule has 1 aliphatic rings. The molecule has 2 nitrogen and oxygen atoms in total. The van der Waals surface area contributed by atoms with Crippen LogP contribution in [0, 0.1) is 12.8 Å². The van der Waals surface area contributed by atoms with Crippen LogP contribution in [-0.4, -0.2) is 5.91 Å². The normalized spacial score (nSPS) is 18.4. The predicted molar refractivity (Wildman–Crippen MR) is 74.0 cm³/mol. The van der Waals surface area contributed by atoms with Gasteiger partial charge in [-0.25, -0.2) is 0 Å². The Balaban J connectivity index is 1.98. The molecule has 3 heteroatoms. The standard InChI is InChI=1S/C14H16BrNO/c1-10-5-4-8-12(14(10)15)16-13(17)9-11-6-2-3-7-11/h2,4-6,8,11H,3,7,9H2,1H3,(H,16,17). The Hall–Kier alpha value is -1.09. The molecule has 1 N–H and O–H groups in total. The fourth-order valence-electron chi connectivity index (χ4n) is 2.05. The van der Waals surface area contributed by atoms with Crippen molar-refractivity contribution >= 4 is 27.5 Å². The fraction of sp³-hybridized carbons (Fsp3) is 0.357. The zero-order valence-corrected chi connectivity index (χ0v) is 11.5. The summed E-state index contributed by atoms with van der Waals surface area (Å²) in [5.74, 6) is 0.506. The molecular formula is C14H16BrNO. The third-order valence-electron chi connectivity index (χ3n) is 3.03. The number of aryl methyl sites for hydroxylation is 1. The molecule has 0 aromatic heterocycles. The summed E-state index contributed by atoms with van der Waals surface area (Å²) >= 11 is 3.49. The van der Waals surface area contributed by atoms with E-state index in [1.807, 2.05) is 25.1 Å². The van der Waals surface area contributed by atoms with Crippen LogP contribution in [0.3, 0.4) is 0 Å². The van der Waals surface area contributed by atoms with Crippen molar-refractivity contribution in [1.82, 2.24) is 0 Å². The van der Waals surface area contributed by atoms with E-state index in [0.717, 1.165) is 28.6 Å². The van der Waals surface area contributed by atoms with E-state index in [9.17, 15) is 4.79 Å². The van der Waals surface area contributed by atoms with Crippen molar-refractivity contribution in [3.63, 3.8) is 0 Å². The number of benzene rings is 1. The Bertz CT molecular complexity index is 454. The lowest BCUT2D eigenvalue weighted by Crippen LogP contribution is -2.15. The van der Waals surface area contributed by atoms with Crippen molar-refractivity contribution in [2.75, 3.05) is 5.32 Å². The summed E-state index contributed by atoms with van der Waals surface area (Å²) in [6, 6.07) is 5.88. The highest BCUT2D eigenvalue weighted by Crippen LogP contribution is 2.27. The summed E-state index contributed by atoms with van der Waals surface area (Å²) < 4.78 is 0.968. The minimum Gasteiger partial charge on any atom is -0.325 e. The van der Waals surface area contributed by atoms with Gasteiger partial charge in [0.25, 0.3) is 0 Å². The van der Waals surface area contributed by atoms with Crippen LogP contribution in [0.5, 0.6) is 0 Å². The zero-order valence-electron chi connectivity index (χ0n) is 9.87. The molecule has 1 aromatic rings. The van der Waals surface area contributed by atoms with Crippen molar-refractivity contribution in [2.45, 2.75) is 26.2 Å². The maximum Gasteiger partial charge on any atom is 0.224 e. The second-order valence-corrected chi connectivity index (χ2v) is 5.25. The molecule has 0 radical (unpaired) electrons. The molecule has 1 amide bonds. The van der Waals surface area contributed by atoms with Gasteiger partial charge in [0.1, 0.15) is 0 Å². The minimum atomic E-state index is 0.0906. The van der Waals surface area contributed by atoms with Crippen molar-refractivity contribution in [1.29, 1.82) is 0 Å². The molecule has 0 saturated heterocycles. The number of hydrogen-bond donors (Lipinski definition) is 1. The van der Waals surface area contributed by atoms with Gasteiger partial charge in [-0.3, -0.25) is 4.79 Å². The summed E-state index contributed by atoms with van der Waals surface area (Å²) in [6.45, 7) is 2.01. The lowest BCUT2D eigenvalue weighted by molar-refractivity contribution is -0.116. The highest BCUT2D eigenvalue weighted by atomic mass is 79.9. The largest absolute Gasteiger partial charge is 0.325 e. The van der Waals surface area contributed by atoms with Crippen LogP contribution < -0.4 is 5.32 Å². The highest BCUT2D eigenvalue weighted by Gasteiger charge is 2.14. The summed E-state index contributed by atoms with van der Waals surface area (Å²) in [7, 11) is 0. The Labute approximate surface area is 110 Å². The average molecular weight is 294 g/mol. The van der Waals surface area contributed by atoms with Gasteiger partial charge in [0.2, 0.25) is 5.91 Å². The summed E-state index contributed by atoms with van der Waals surface area (Å²) in [6.07, 6.45) is 7.08. The van der Waals surface area contributed by atoms with E-state index in [1.165, 1.54) is 0 Å². The molecular weight excluding hydrogens is 278 g/mol.